The van der Waals surface area contributed by atoms with E-state index in [0.717, 1.165) is 11.8 Å². The number of piperidine rings is 1. The van der Waals surface area contributed by atoms with Crippen molar-refractivity contribution in [2.75, 3.05) is 13.1 Å². The molecule has 1 aliphatic carbocycles. The molecular formula is C14H18N2. The first-order valence-corrected chi connectivity index (χ1v) is 6.16. The van der Waals surface area contributed by atoms with Gasteiger partial charge in [-0.05, 0) is 67.5 Å². The number of aromatic nitrogens is 1. The molecule has 0 radical (unpaired) electrons. The molecule has 2 nitrogen and oxygen atoms in total. The lowest BCUT2D eigenvalue weighted by atomic mass is 9.89. The maximum absolute atomic E-state index is 4.29. The van der Waals surface area contributed by atoms with Gasteiger partial charge in [-0.15, -0.1) is 0 Å². The number of aryl methyl sites for hydroxylation is 1. The number of fused-ring (bicyclic) bond motifs is 1. The van der Waals surface area contributed by atoms with Crippen molar-refractivity contribution in [2.45, 2.75) is 19.8 Å². The van der Waals surface area contributed by atoms with Crippen molar-refractivity contribution in [3.63, 3.8) is 0 Å². The maximum atomic E-state index is 4.29. The van der Waals surface area contributed by atoms with E-state index >= 15 is 0 Å². The van der Waals surface area contributed by atoms with Crippen molar-refractivity contribution in [3.8, 4) is 0 Å². The topological polar surface area (TPSA) is 24.9 Å². The molecule has 16 heavy (non-hydrogen) atoms. The smallest absolute Gasteiger partial charge is 0.0343 e. The monoisotopic (exact) mass is 214 g/mol. The lowest BCUT2D eigenvalue weighted by molar-refractivity contribution is 0.324. The SMILES string of the molecule is Cc1cncc(C2=C[C@H]3CCNC[C@H]3C2)c1. The van der Waals surface area contributed by atoms with Crippen molar-refractivity contribution < 1.29 is 0 Å². The minimum absolute atomic E-state index is 0.803. The Morgan fingerprint density at radius 3 is 3.12 bits per heavy atom. The molecule has 84 valence electrons. The minimum Gasteiger partial charge on any atom is -0.316 e. The summed E-state index contributed by atoms with van der Waals surface area (Å²) in [5, 5.41) is 3.49. The summed E-state index contributed by atoms with van der Waals surface area (Å²) in [6.45, 7) is 4.47. The largest absolute Gasteiger partial charge is 0.316 e. The Hall–Kier alpha value is -1.15. The number of nitrogens with zero attached hydrogens (tertiary/aromatic N) is 1. The molecule has 2 heterocycles. The van der Waals surface area contributed by atoms with E-state index in [1.54, 1.807) is 0 Å². The highest BCUT2D eigenvalue weighted by molar-refractivity contribution is 5.68. The van der Waals surface area contributed by atoms with Gasteiger partial charge in [0.15, 0.2) is 0 Å². The fraction of sp³-hybridized carbons (Fsp3) is 0.500. The van der Waals surface area contributed by atoms with E-state index in [4.69, 9.17) is 0 Å². The maximum Gasteiger partial charge on any atom is 0.0343 e. The Labute approximate surface area is 96.8 Å². The first-order valence-electron chi connectivity index (χ1n) is 6.16. The Balaban J connectivity index is 1.86. The molecule has 0 bridgehead atoms. The third-order valence-corrected chi connectivity index (χ3v) is 3.81. The van der Waals surface area contributed by atoms with Crippen LogP contribution in [0.1, 0.15) is 24.0 Å². The standard InChI is InChI=1S/C14H18N2/c1-10-4-13(9-16-7-10)12-5-11-2-3-15-8-14(11)6-12/h4-5,7,9,11,14-15H,2-3,6,8H2,1H3/t11-,14-/m1/s1. The second-order valence-electron chi connectivity index (χ2n) is 5.06. The van der Waals surface area contributed by atoms with Crippen LogP contribution in [0.15, 0.2) is 24.5 Å². The van der Waals surface area contributed by atoms with Gasteiger partial charge in [0, 0.05) is 12.4 Å². The van der Waals surface area contributed by atoms with Crippen LogP contribution in [0.4, 0.5) is 0 Å². The molecule has 1 saturated heterocycles. The Morgan fingerprint density at radius 2 is 2.31 bits per heavy atom. The summed E-state index contributed by atoms with van der Waals surface area (Å²) in [7, 11) is 0. The van der Waals surface area contributed by atoms with Crippen LogP contribution in [0.5, 0.6) is 0 Å². The van der Waals surface area contributed by atoms with Gasteiger partial charge in [0.25, 0.3) is 0 Å². The highest BCUT2D eigenvalue weighted by Gasteiger charge is 2.29. The molecule has 1 aromatic heterocycles. The predicted molar refractivity (Wildman–Crippen MR) is 66.0 cm³/mol. The first-order chi connectivity index (χ1) is 7.83. The average Bonchev–Trinajstić information content (AvgIpc) is 2.72. The molecule has 0 spiro atoms. The zero-order valence-electron chi connectivity index (χ0n) is 9.74. The van der Waals surface area contributed by atoms with Gasteiger partial charge in [0.05, 0.1) is 0 Å². The predicted octanol–water partition coefficient (Wildman–Crippen LogP) is 2.40. The number of allylic oxidation sites excluding steroid dienone is 2. The van der Waals surface area contributed by atoms with E-state index in [2.05, 4.69) is 29.4 Å². The number of hydrogen-bond donors (Lipinski definition) is 1. The summed E-state index contributed by atoms with van der Waals surface area (Å²) < 4.78 is 0. The average molecular weight is 214 g/mol. The van der Waals surface area contributed by atoms with E-state index in [-0.39, 0.29) is 0 Å². The van der Waals surface area contributed by atoms with E-state index in [1.807, 2.05) is 12.4 Å². The molecule has 2 atom stereocenters. The lowest BCUT2D eigenvalue weighted by Crippen LogP contribution is -2.33. The van der Waals surface area contributed by atoms with Crippen LogP contribution in [0.25, 0.3) is 5.57 Å². The van der Waals surface area contributed by atoms with Crippen LogP contribution in [0.2, 0.25) is 0 Å². The van der Waals surface area contributed by atoms with Crippen LogP contribution in [0, 0.1) is 18.8 Å². The van der Waals surface area contributed by atoms with Crippen molar-refractivity contribution in [3.05, 3.63) is 35.7 Å². The van der Waals surface area contributed by atoms with Gasteiger partial charge in [0.1, 0.15) is 0 Å². The highest BCUT2D eigenvalue weighted by Crippen LogP contribution is 2.38. The molecule has 0 aromatic carbocycles. The minimum atomic E-state index is 0.803. The summed E-state index contributed by atoms with van der Waals surface area (Å²) in [6.07, 6.45) is 8.94. The zero-order valence-corrected chi connectivity index (χ0v) is 9.74. The molecule has 1 aliphatic heterocycles. The Morgan fingerprint density at radius 1 is 1.38 bits per heavy atom. The quantitative estimate of drug-likeness (QED) is 0.776. The van der Waals surface area contributed by atoms with E-state index in [1.165, 1.54) is 42.6 Å². The highest BCUT2D eigenvalue weighted by atomic mass is 14.9. The zero-order chi connectivity index (χ0) is 11.0. The summed E-state index contributed by atoms with van der Waals surface area (Å²) in [4.78, 5) is 4.29. The molecule has 3 rings (SSSR count). The summed E-state index contributed by atoms with van der Waals surface area (Å²) in [5.74, 6) is 1.63. The Bertz CT molecular complexity index is 422. The van der Waals surface area contributed by atoms with Gasteiger partial charge in [-0.1, -0.05) is 6.08 Å². The molecule has 1 aromatic rings. The van der Waals surface area contributed by atoms with Gasteiger partial charge < -0.3 is 5.32 Å². The fourth-order valence-corrected chi connectivity index (χ4v) is 2.94. The van der Waals surface area contributed by atoms with Gasteiger partial charge >= 0.3 is 0 Å². The molecule has 0 unspecified atom stereocenters. The van der Waals surface area contributed by atoms with Crippen molar-refractivity contribution in [1.82, 2.24) is 10.3 Å². The van der Waals surface area contributed by atoms with Crippen LogP contribution < -0.4 is 5.32 Å². The third-order valence-electron chi connectivity index (χ3n) is 3.81. The van der Waals surface area contributed by atoms with Gasteiger partial charge in [-0.3, -0.25) is 4.98 Å². The second-order valence-corrected chi connectivity index (χ2v) is 5.06. The van der Waals surface area contributed by atoms with Crippen LogP contribution in [-0.4, -0.2) is 18.1 Å². The fourth-order valence-electron chi connectivity index (χ4n) is 2.94. The molecular weight excluding hydrogens is 196 g/mol. The normalized spacial score (nSPS) is 28.7. The lowest BCUT2D eigenvalue weighted by Gasteiger charge is -2.25. The number of hydrogen-bond acceptors (Lipinski definition) is 2. The number of rotatable bonds is 1. The van der Waals surface area contributed by atoms with Gasteiger partial charge in [-0.25, -0.2) is 0 Å². The third kappa shape index (κ3) is 1.78. The van der Waals surface area contributed by atoms with Crippen LogP contribution in [0.3, 0.4) is 0 Å². The summed E-state index contributed by atoms with van der Waals surface area (Å²) in [6, 6.07) is 2.25. The second kappa shape index (κ2) is 4.02. The van der Waals surface area contributed by atoms with Crippen molar-refractivity contribution >= 4 is 5.57 Å². The van der Waals surface area contributed by atoms with E-state index in [0.29, 0.717) is 0 Å². The van der Waals surface area contributed by atoms with Crippen LogP contribution >= 0.6 is 0 Å². The van der Waals surface area contributed by atoms with Gasteiger partial charge in [0.2, 0.25) is 0 Å². The molecule has 2 aliphatic rings. The molecule has 2 heteroatoms. The number of nitrogens with one attached hydrogen (secondary N) is 1. The summed E-state index contributed by atoms with van der Waals surface area (Å²) in [5.41, 5.74) is 4.09. The van der Waals surface area contributed by atoms with Crippen molar-refractivity contribution in [2.24, 2.45) is 11.8 Å². The molecule has 1 N–H and O–H groups in total. The molecule has 1 fully saturated rings. The van der Waals surface area contributed by atoms with Crippen LogP contribution in [-0.2, 0) is 0 Å². The Kier molecular flexibility index (Phi) is 2.52. The summed E-state index contributed by atoms with van der Waals surface area (Å²) >= 11 is 0. The number of pyridine rings is 1. The molecule has 0 amide bonds. The first kappa shape index (κ1) is 10.0. The van der Waals surface area contributed by atoms with Gasteiger partial charge in [-0.2, -0.15) is 0 Å². The van der Waals surface area contributed by atoms with E-state index in [9.17, 15) is 0 Å². The van der Waals surface area contributed by atoms with Crippen molar-refractivity contribution in [1.29, 1.82) is 0 Å². The molecule has 0 saturated carbocycles. The van der Waals surface area contributed by atoms with E-state index < -0.39 is 0 Å².